The number of benzene rings is 1. The van der Waals surface area contributed by atoms with Gasteiger partial charge >= 0.3 is 6.18 Å². The van der Waals surface area contributed by atoms with Crippen LogP contribution < -0.4 is 4.90 Å². The van der Waals surface area contributed by atoms with Crippen LogP contribution in [0.3, 0.4) is 0 Å². The highest BCUT2D eigenvalue weighted by atomic mass is 19.4. The van der Waals surface area contributed by atoms with Crippen LogP contribution in [0.1, 0.15) is 22.8 Å². The summed E-state index contributed by atoms with van der Waals surface area (Å²) in [5.74, 6) is 0. The van der Waals surface area contributed by atoms with Crippen molar-refractivity contribution in [2.45, 2.75) is 19.2 Å². The zero-order chi connectivity index (χ0) is 14.0. The number of anilines is 1. The van der Waals surface area contributed by atoms with E-state index in [1.165, 1.54) is 6.07 Å². The Bertz CT molecular complexity index is 473. The van der Waals surface area contributed by atoms with Gasteiger partial charge in [-0.15, -0.1) is 0 Å². The molecule has 0 aliphatic carbocycles. The smallest absolute Gasteiger partial charge is 0.375 e. The predicted octanol–water partition coefficient (Wildman–Crippen LogP) is 2.74. The number of hydrogen-bond donors (Lipinski definition) is 0. The second kappa shape index (κ2) is 5.21. The van der Waals surface area contributed by atoms with Gasteiger partial charge in [0.1, 0.15) is 0 Å². The molecule has 1 fully saturated rings. The molecule has 1 aromatic rings. The molecule has 1 aromatic carbocycles. The molecule has 1 heterocycles. The average Bonchev–Trinajstić information content (AvgIpc) is 2.37. The maximum Gasteiger partial charge on any atom is 0.416 e. The molecule has 0 amide bonds. The second-order valence-electron chi connectivity index (χ2n) is 4.52. The van der Waals surface area contributed by atoms with Crippen LogP contribution in [0.2, 0.25) is 0 Å². The number of aldehydes is 1. The third-order valence-corrected chi connectivity index (χ3v) is 3.07. The molecule has 1 aliphatic heterocycles. The quantitative estimate of drug-likeness (QED) is 0.776. The van der Waals surface area contributed by atoms with E-state index in [-0.39, 0.29) is 11.7 Å². The van der Waals surface area contributed by atoms with Crippen LogP contribution >= 0.6 is 0 Å². The summed E-state index contributed by atoms with van der Waals surface area (Å²) in [7, 11) is 0. The Morgan fingerprint density at radius 2 is 2.16 bits per heavy atom. The minimum Gasteiger partial charge on any atom is -0.375 e. The summed E-state index contributed by atoms with van der Waals surface area (Å²) in [6, 6.07) is 3.17. The lowest BCUT2D eigenvalue weighted by atomic mass is 10.1. The van der Waals surface area contributed by atoms with Crippen molar-refractivity contribution in [3.8, 4) is 0 Å². The van der Waals surface area contributed by atoms with Crippen molar-refractivity contribution in [2.75, 3.05) is 24.6 Å². The molecule has 0 bridgehead atoms. The lowest BCUT2D eigenvalue weighted by Crippen LogP contribution is -2.41. The Labute approximate surface area is 109 Å². The first-order valence-corrected chi connectivity index (χ1v) is 5.95. The number of rotatable bonds is 2. The standard InChI is InChI=1S/C13H14F3NO2/c1-9-7-17(4-5-19-9)12-6-11(13(14,15)16)3-2-10(12)8-18/h2-3,6,8-9H,4-5,7H2,1H3. The van der Waals surface area contributed by atoms with E-state index in [2.05, 4.69) is 0 Å². The normalized spacial score (nSPS) is 20.4. The van der Waals surface area contributed by atoms with E-state index in [0.29, 0.717) is 31.7 Å². The number of hydrogen-bond acceptors (Lipinski definition) is 3. The third-order valence-electron chi connectivity index (χ3n) is 3.07. The van der Waals surface area contributed by atoms with Crippen molar-refractivity contribution >= 4 is 12.0 Å². The Kier molecular flexibility index (Phi) is 3.80. The van der Waals surface area contributed by atoms with Crippen LogP contribution in [-0.4, -0.2) is 32.1 Å². The first kappa shape index (κ1) is 13.9. The van der Waals surface area contributed by atoms with Crippen LogP contribution in [0.25, 0.3) is 0 Å². The Hall–Kier alpha value is -1.56. The monoisotopic (exact) mass is 273 g/mol. The first-order valence-electron chi connectivity index (χ1n) is 5.95. The van der Waals surface area contributed by atoms with Crippen molar-refractivity contribution in [1.82, 2.24) is 0 Å². The minimum absolute atomic E-state index is 0.0669. The number of halogens is 3. The molecule has 0 N–H and O–H groups in total. The van der Waals surface area contributed by atoms with E-state index >= 15 is 0 Å². The van der Waals surface area contributed by atoms with Gasteiger partial charge in [0.2, 0.25) is 0 Å². The van der Waals surface area contributed by atoms with Crippen LogP contribution in [0.5, 0.6) is 0 Å². The van der Waals surface area contributed by atoms with Gasteiger partial charge in [0.05, 0.1) is 18.3 Å². The molecule has 1 aliphatic rings. The van der Waals surface area contributed by atoms with Gasteiger partial charge in [-0.2, -0.15) is 13.2 Å². The number of carbonyl (C=O) groups is 1. The first-order chi connectivity index (χ1) is 8.91. The molecular formula is C13H14F3NO2. The van der Waals surface area contributed by atoms with Gasteiger partial charge in [0, 0.05) is 24.3 Å². The van der Waals surface area contributed by atoms with Crippen molar-refractivity contribution in [2.24, 2.45) is 0 Å². The fourth-order valence-corrected chi connectivity index (χ4v) is 2.13. The fraction of sp³-hybridized carbons (Fsp3) is 0.462. The summed E-state index contributed by atoms with van der Waals surface area (Å²) in [5, 5.41) is 0. The molecule has 6 heteroatoms. The van der Waals surface area contributed by atoms with Crippen LogP contribution in [0.4, 0.5) is 18.9 Å². The van der Waals surface area contributed by atoms with E-state index in [1.807, 2.05) is 6.92 Å². The topological polar surface area (TPSA) is 29.5 Å². The largest absolute Gasteiger partial charge is 0.416 e. The van der Waals surface area contributed by atoms with Gasteiger partial charge in [-0.05, 0) is 25.1 Å². The number of nitrogens with zero attached hydrogens (tertiary/aromatic N) is 1. The van der Waals surface area contributed by atoms with Crippen molar-refractivity contribution in [3.05, 3.63) is 29.3 Å². The number of carbonyl (C=O) groups excluding carboxylic acids is 1. The van der Waals surface area contributed by atoms with Crippen molar-refractivity contribution in [1.29, 1.82) is 0 Å². The molecule has 0 radical (unpaired) electrons. The van der Waals surface area contributed by atoms with Gasteiger partial charge in [0.25, 0.3) is 0 Å². The lowest BCUT2D eigenvalue weighted by Gasteiger charge is -2.34. The summed E-state index contributed by atoms with van der Waals surface area (Å²) in [4.78, 5) is 12.7. The zero-order valence-electron chi connectivity index (χ0n) is 10.4. The Balaban J connectivity index is 2.38. The third kappa shape index (κ3) is 3.07. The summed E-state index contributed by atoms with van der Waals surface area (Å²) in [5.41, 5.74) is -0.158. The SMILES string of the molecule is CC1CN(c2cc(C(F)(F)F)ccc2C=O)CCO1. The highest BCUT2D eigenvalue weighted by molar-refractivity contribution is 5.85. The summed E-state index contributed by atoms with van der Waals surface area (Å²) in [6.07, 6.45) is -3.90. The molecule has 1 saturated heterocycles. The number of morpholine rings is 1. The Morgan fingerprint density at radius 1 is 1.42 bits per heavy atom. The molecule has 1 atom stereocenters. The molecule has 0 saturated carbocycles. The minimum atomic E-state index is -4.41. The number of alkyl halides is 3. The van der Waals surface area contributed by atoms with Gasteiger partial charge in [0.15, 0.2) is 6.29 Å². The van der Waals surface area contributed by atoms with Crippen molar-refractivity contribution in [3.63, 3.8) is 0 Å². The zero-order valence-corrected chi connectivity index (χ0v) is 10.4. The summed E-state index contributed by atoms with van der Waals surface area (Å²) < 4.78 is 43.5. The molecule has 0 aromatic heterocycles. The van der Waals surface area contributed by atoms with Crippen molar-refractivity contribution < 1.29 is 22.7 Å². The van der Waals surface area contributed by atoms with Gasteiger partial charge in [-0.1, -0.05) is 0 Å². The average molecular weight is 273 g/mol. The fourth-order valence-electron chi connectivity index (χ4n) is 2.13. The van der Waals surface area contributed by atoms with E-state index in [0.717, 1.165) is 12.1 Å². The maximum atomic E-state index is 12.7. The summed E-state index contributed by atoms with van der Waals surface area (Å²) in [6.45, 7) is 3.24. The molecule has 2 rings (SSSR count). The van der Waals surface area contributed by atoms with E-state index in [9.17, 15) is 18.0 Å². The molecule has 0 spiro atoms. The van der Waals surface area contributed by atoms with E-state index < -0.39 is 11.7 Å². The van der Waals surface area contributed by atoms with Crippen LogP contribution in [-0.2, 0) is 10.9 Å². The second-order valence-corrected chi connectivity index (χ2v) is 4.52. The lowest BCUT2D eigenvalue weighted by molar-refractivity contribution is -0.137. The number of ether oxygens (including phenoxy) is 1. The molecule has 104 valence electrons. The van der Waals surface area contributed by atoms with E-state index in [1.54, 1.807) is 4.90 Å². The van der Waals surface area contributed by atoms with Crippen LogP contribution in [0, 0.1) is 0 Å². The summed E-state index contributed by atoms with van der Waals surface area (Å²) >= 11 is 0. The Morgan fingerprint density at radius 3 is 2.74 bits per heavy atom. The molecule has 1 unspecified atom stereocenters. The highest BCUT2D eigenvalue weighted by Gasteiger charge is 2.32. The van der Waals surface area contributed by atoms with Gasteiger partial charge < -0.3 is 9.64 Å². The van der Waals surface area contributed by atoms with Gasteiger partial charge in [-0.25, -0.2) is 0 Å². The van der Waals surface area contributed by atoms with Crippen LogP contribution in [0.15, 0.2) is 18.2 Å². The van der Waals surface area contributed by atoms with E-state index in [4.69, 9.17) is 4.74 Å². The highest BCUT2D eigenvalue weighted by Crippen LogP contribution is 2.33. The molecule has 19 heavy (non-hydrogen) atoms. The molecular weight excluding hydrogens is 259 g/mol. The predicted molar refractivity (Wildman–Crippen MR) is 64.5 cm³/mol. The maximum absolute atomic E-state index is 12.7. The van der Waals surface area contributed by atoms with Gasteiger partial charge in [-0.3, -0.25) is 4.79 Å². The molecule has 3 nitrogen and oxygen atoms in total.